The van der Waals surface area contributed by atoms with Crippen LogP contribution >= 0.6 is 0 Å². The standard InChI is InChI=1S/C67H97N2O24/c1-30-14-18-47(88-54-28-65(11,69(79)80)60(38(9)86-54)68-64(78)81-13)31(2)23-43-45(73)24-40(29-70)27-67(43)62(76)55(63(77)93-67)61(75)66(12)42(30)16-15-41-56(66)32(3)22-33(4)57(41)92-53-26-49(59(37(8)85-53)87-39(10)71)90-50-21-19-48(35(6)83-50)89-52-25-46(74)58(36(7)84-52)91-51-20-17-44(72)34(5)82-51/h14-16,23,27,29,32-38,41-54,56-60,72-75,79H,17-22,24-26,28H2,1-13H3,(H,68,78)/q-1/b30-14+,31-23-,61-55+/t32-,33+,34-,35-,36-,37-,38+,41+,42-,43-,44+,45-,46+,47-,48+,49+,50-,51-,52-,53+,54-,56+,57-,58-,59-,60-,65-,66+,67?/m0/s1. The van der Waals surface area contributed by atoms with E-state index in [-0.39, 0.29) is 54.7 Å². The number of ketones is 1. The van der Waals surface area contributed by atoms with Crippen LogP contribution in [0.1, 0.15) is 147 Å². The van der Waals surface area contributed by atoms with Crippen LogP contribution in [0.25, 0.3) is 0 Å². The highest BCUT2D eigenvalue weighted by Crippen LogP contribution is 2.61. The quantitative estimate of drug-likeness (QED) is 0.0278. The second-order valence-corrected chi connectivity index (χ2v) is 28.2. The van der Waals surface area contributed by atoms with E-state index in [1.165, 1.54) is 19.9 Å². The van der Waals surface area contributed by atoms with Gasteiger partial charge in [-0.15, -0.1) is 0 Å². The molecule has 10 aliphatic rings. The summed E-state index contributed by atoms with van der Waals surface area (Å²) in [7, 11) is 1.16. The fourth-order valence-corrected chi connectivity index (χ4v) is 16.9. The number of alkyl carbamates (subject to hydrolysis) is 1. The van der Waals surface area contributed by atoms with Crippen LogP contribution in [-0.2, 0) is 80.8 Å². The number of carbonyl (C=O) groups is 5. The molecule has 26 nitrogen and oxygen atoms in total. The average Bonchev–Trinajstić information content (AvgIpc) is 1.68. The molecule has 0 aromatic carbocycles. The molecule has 4 aliphatic carbocycles. The fourth-order valence-electron chi connectivity index (χ4n) is 16.9. The molecule has 6 aliphatic heterocycles. The molecule has 1 unspecified atom stereocenters. The lowest BCUT2D eigenvalue weighted by Gasteiger charge is -2.56. The Hall–Kier alpha value is -4.59. The molecule has 6 saturated heterocycles. The lowest BCUT2D eigenvalue weighted by atomic mass is 9.49. The minimum atomic E-state index is -2.29. The van der Waals surface area contributed by atoms with E-state index in [2.05, 4.69) is 25.2 Å². The van der Waals surface area contributed by atoms with Gasteiger partial charge in [-0.05, 0) is 116 Å². The number of hydrogen-bond acceptors (Lipinski definition) is 25. The van der Waals surface area contributed by atoms with Crippen molar-refractivity contribution in [3.63, 3.8) is 0 Å². The summed E-state index contributed by atoms with van der Waals surface area (Å²) in [5.41, 5.74) is -4.87. The molecule has 26 heteroatoms. The number of hydroxylamine groups is 2. The molecule has 1 saturated carbocycles. The van der Waals surface area contributed by atoms with Crippen LogP contribution in [0.5, 0.6) is 0 Å². The summed E-state index contributed by atoms with van der Waals surface area (Å²) < 4.78 is 81.6. The number of hydrogen-bond donors (Lipinski definition) is 6. The van der Waals surface area contributed by atoms with Gasteiger partial charge >= 0.3 is 18.0 Å². The van der Waals surface area contributed by atoms with E-state index in [1.54, 1.807) is 33.8 Å². The summed E-state index contributed by atoms with van der Waals surface area (Å²) in [4.78, 5) is 68.1. The van der Waals surface area contributed by atoms with E-state index in [9.17, 15) is 50.0 Å². The average molecular weight is 1310 g/mol. The van der Waals surface area contributed by atoms with Crippen molar-refractivity contribution in [1.82, 2.24) is 10.5 Å². The minimum Gasteiger partial charge on any atom is -0.762 e. The minimum absolute atomic E-state index is 0.00396. The number of carbonyl (C=O) groups excluding carboxylic acids is 5. The van der Waals surface area contributed by atoms with Gasteiger partial charge in [0.15, 0.2) is 37.6 Å². The number of amides is 1. The predicted molar refractivity (Wildman–Crippen MR) is 325 cm³/mol. The number of aliphatic hydroxyl groups excluding tert-OH is 4. The highest BCUT2D eigenvalue weighted by Gasteiger charge is 2.64. The van der Waals surface area contributed by atoms with Gasteiger partial charge in [-0.25, -0.2) is 9.59 Å². The second kappa shape index (κ2) is 28.5. The number of rotatable bonds is 14. The largest absolute Gasteiger partial charge is 0.762 e. The summed E-state index contributed by atoms with van der Waals surface area (Å²) in [5.74, 6) is -6.48. The van der Waals surface area contributed by atoms with Gasteiger partial charge in [-0.3, -0.25) is 19.6 Å². The Labute approximate surface area is 543 Å². The van der Waals surface area contributed by atoms with Gasteiger partial charge in [-0.2, -0.15) is 0 Å². The molecule has 1 spiro atoms. The van der Waals surface area contributed by atoms with Crippen molar-refractivity contribution >= 4 is 30.1 Å². The molecule has 29 atom stereocenters. The number of aliphatic hydroxyl groups is 4. The van der Waals surface area contributed by atoms with Crippen LogP contribution in [0.2, 0.25) is 0 Å². The van der Waals surface area contributed by atoms with Crippen LogP contribution < -0.4 is 5.32 Å². The molecule has 0 radical (unpaired) electrons. The summed E-state index contributed by atoms with van der Waals surface area (Å²) in [6, 6.07) is -1.06. The van der Waals surface area contributed by atoms with E-state index in [0.29, 0.717) is 44.0 Å². The zero-order chi connectivity index (χ0) is 67.5. The topological polar surface area (TPSA) is 345 Å². The van der Waals surface area contributed by atoms with Gasteiger partial charge in [0, 0.05) is 62.7 Å². The molecule has 6 heterocycles. The lowest BCUT2D eigenvalue weighted by Crippen LogP contribution is -2.67. The molecule has 0 aromatic rings. The SMILES string of the molecule is COC(=O)N[C@H]1[C@@H](C)O[C@@H](O[C@H]2C/C=C(\C)[C@@H]3C=C[C@H]4[C@@H](O[C@@H]5C[C@@H](O[C@H]6CC[C@@H](O[C@H]7C[C@@H](O)[C@@H](O[C@H]8CC[C@@H](O)[C@H](C)O8)[C@H](C)O7)[C@H](C)O6)[C@@H](OC(C)=O)[C@H](C)O5)[C@H](C)C[C@H](C)[C@H]4[C@]3(C)/C(O)=C3\C(=O)OC4(C=C(C=O)C[C@H](O)[C@@H]4/C=C\2C)C3=O)C[C@]1(C)N([O-])O. The van der Waals surface area contributed by atoms with Crippen LogP contribution in [0, 0.1) is 46.1 Å². The lowest BCUT2D eigenvalue weighted by molar-refractivity contribution is -0.331. The Balaban J connectivity index is 0.905. The number of nitrogens with one attached hydrogen (secondary N) is 1. The molecule has 6 N–H and O–H groups in total. The third-order valence-corrected chi connectivity index (χ3v) is 21.7. The number of esters is 2. The number of Topliss-reactive ketones (excluding diaryl/α,β-unsaturated/α-hetero) is 1. The second-order valence-electron chi connectivity index (χ2n) is 28.2. The molecule has 1 amide bonds. The number of fused-ring (bicyclic) bond motifs is 4. The monoisotopic (exact) mass is 1310 g/mol. The molecule has 520 valence electrons. The van der Waals surface area contributed by atoms with Gasteiger partial charge in [0.2, 0.25) is 11.4 Å². The Morgan fingerprint density at radius 2 is 1.35 bits per heavy atom. The van der Waals surface area contributed by atoms with Gasteiger partial charge in [0.1, 0.15) is 29.8 Å². The van der Waals surface area contributed by atoms with Crippen molar-refractivity contribution in [3.05, 3.63) is 63.6 Å². The molecule has 7 fully saturated rings. The predicted octanol–water partition coefficient (Wildman–Crippen LogP) is 6.27. The zero-order valence-electron chi connectivity index (χ0n) is 55.5. The van der Waals surface area contributed by atoms with Crippen molar-refractivity contribution in [2.45, 2.75) is 281 Å². The first-order chi connectivity index (χ1) is 43.9. The molecule has 10 rings (SSSR count). The molecule has 0 aromatic heterocycles. The van der Waals surface area contributed by atoms with Crippen molar-refractivity contribution in [2.24, 2.45) is 40.9 Å². The third kappa shape index (κ3) is 14.1. The third-order valence-electron chi connectivity index (χ3n) is 21.7. The smallest absolute Gasteiger partial charge is 0.407 e. The van der Waals surface area contributed by atoms with Crippen LogP contribution in [0.4, 0.5) is 4.79 Å². The van der Waals surface area contributed by atoms with E-state index in [4.69, 9.17) is 61.6 Å². The maximum atomic E-state index is 15.6. The van der Waals surface area contributed by atoms with Crippen molar-refractivity contribution < 1.29 is 111 Å². The number of allylic oxidation sites excluding steroid dienone is 3. The van der Waals surface area contributed by atoms with E-state index in [0.717, 1.165) is 12.7 Å². The summed E-state index contributed by atoms with van der Waals surface area (Å²) in [6.07, 6.45) is -3.65. The van der Waals surface area contributed by atoms with Gasteiger partial charge in [0.05, 0.1) is 91.8 Å². The summed E-state index contributed by atoms with van der Waals surface area (Å²) in [5, 5.41) is 72.5. The van der Waals surface area contributed by atoms with Gasteiger partial charge in [0.25, 0.3) is 0 Å². The first-order valence-electron chi connectivity index (χ1n) is 33.1. The molecule has 93 heavy (non-hydrogen) atoms. The first kappa shape index (κ1) is 71.2. The van der Waals surface area contributed by atoms with E-state index in [1.807, 2.05) is 39.8 Å². The van der Waals surface area contributed by atoms with Crippen molar-refractivity contribution in [1.29, 1.82) is 0 Å². The molecular weight excluding hydrogens is 1220 g/mol. The van der Waals surface area contributed by atoms with Crippen LogP contribution in [0.3, 0.4) is 0 Å². The Bertz CT molecular complexity index is 2900. The Kier molecular flexibility index (Phi) is 21.8. The molecule has 2 bridgehead atoms. The Morgan fingerprint density at radius 1 is 0.720 bits per heavy atom. The van der Waals surface area contributed by atoms with Gasteiger partial charge < -0.3 is 97.7 Å². The maximum absolute atomic E-state index is 15.6. The van der Waals surface area contributed by atoms with E-state index >= 15 is 4.79 Å². The number of methoxy groups -OCH3 is 1. The summed E-state index contributed by atoms with van der Waals surface area (Å²) in [6.45, 7) is 21.2. The number of nitrogens with zero attached hydrogens (tertiary/aromatic N) is 1. The van der Waals surface area contributed by atoms with Crippen molar-refractivity contribution in [3.8, 4) is 0 Å². The highest BCUT2D eigenvalue weighted by atomic mass is 16.8. The molecular formula is C67H97N2O24-. The van der Waals surface area contributed by atoms with Crippen LogP contribution in [-0.4, -0.2) is 202 Å². The maximum Gasteiger partial charge on any atom is 0.407 e. The van der Waals surface area contributed by atoms with Crippen molar-refractivity contribution in [2.75, 3.05) is 7.11 Å². The van der Waals surface area contributed by atoms with Crippen LogP contribution in [0.15, 0.2) is 58.4 Å². The Morgan fingerprint density at radius 3 is 2.01 bits per heavy atom. The fraction of sp³-hybridized carbons (Fsp3) is 0.776. The summed E-state index contributed by atoms with van der Waals surface area (Å²) >= 11 is 0. The normalized spacial score (nSPS) is 48.3. The number of ether oxygens (including phenoxy) is 13. The first-order valence-corrected chi connectivity index (χ1v) is 33.1. The zero-order valence-corrected chi connectivity index (χ0v) is 55.5. The van der Waals surface area contributed by atoms with E-state index < -0.39 is 198 Å². The van der Waals surface area contributed by atoms with Gasteiger partial charge in [-0.1, -0.05) is 50.6 Å². The highest BCUT2D eigenvalue weighted by molar-refractivity contribution is 6.27. The number of aldehydes is 1.